The van der Waals surface area contributed by atoms with E-state index in [1.165, 1.54) is 18.4 Å². The number of carbonyl (C=O) groups excluding carboxylic acids is 1. The number of rotatable bonds is 3. The van der Waals surface area contributed by atoms with E-state index in [1.807, 2.05) is 42.5 Å². The lowest BCUT2D eigenvalue weighted by atomic mass is 10.2. The highest BCUT2D eigenvalue weighted by Crippen LogP contribution is 2.37. The maximum absolute atomic E-state index is 11.7. The number of ether oxygens (including phenoxy) is 1. The summed E-state index contributed by atoms with van der Waals surface area (Å²) in [5.74, 6) is -0.437. The number of halogens is 2. The number of benzene rings is 2. The van der Waals surface area contributed by atoms with Gasteiger partial charge in [0, 0.05) is 25.9 Å². The Balaban J connectivity index is 1.78. The highest BCUT2D eigenvalue weighted by Gasteiger charge is 2.17. The van der Waals surface area contributed by atoms with E-state index < -0.39 is 5.97 Å². The Morgan fingerprint density at radius 3 is 2.48 bits per heavy atom. The van der Waals surface area contributed by atoms with Crippen LogP contribution in [0.5, 0.6) is 0 Å². The maximum atomic E-state index is 11.7. The number of fused-ring (bicyclic) bond motifs is 1. The van der Waals surface area contributed by atoms with E-state index in [-0.39, 0.29) is 0 Å². The summed E-state index contributed by atoms with van der Waals surface area (Å²) < 4.78 is 6.63. The number of thiophene rings is 1. The first-order chi connectivity index (χ1) is 12.0. The van der Waals surface area contributed by atoms with Crippen LogP contribution in [0.2, 0.25) is 5.02 Å². The molecule has 0 saturated carbocycles. The molecule has 8 heteroatoms. The van der Waals surface area contributed by atoms with Crippen molar-refractivity contribution in [2.24, 2.45) is 0 Å². The van der Waals surface area contributed by atoms with Gasteiger partial charge in [0.1, 0.15) is 4.88 Å². The van der Waals surface area contributed by atoms with Gasteiger partial charge in [0.05, 0.1) is 12.1 Å². The topological polar surface area (TPSA) is 50.4 Å². The number of methoxy groups -OCH3 is 1. The van der Waals surface area contributed by atoms with Gasteiger partial charge in [-0.15, -0.1) is 11.3 Å². The fraction of sp³-hybridized carbons (Fsp3) is 0.0588. The number of anilines is 2. The van der Waals surface area contributed by atoms with E-state index in [0.29, 0.717) is 15.0 Å². The van der Waals surface area contributed by atoms with Gasteiger partial charge in [-0.3, -0.25) is 0 Å². The predicted octanol–water partition coefficient (Wildman–Crippen LogP) is 5.91. The molecule has 0 unspecified atom stereocenters. The van der Waals surface area contributed by atoms with Gasteiger partial charge in [-0.05, 0) is 54.7 Å². The molecule has 2 aromatic carbocycles. The zero-order valence-corrected chi connectivity index (χ0v) is 16.9. The molecule has 3 aromatic rings. The first-order valence-corrected chi connectivity index (χ1v) is 9.51. The Hall–Kier alpha value is -1.67. The van der Waals surface area contributed by atoms with Crippen LogP contribution in [0.15, 0.2) is 46.9 Å². The Bertz CT molecular complexity index is 957. The van der Waals surface area contributed by atoms with Crippen molar-refractivity contribution in [2.45, 2.75) is 0 Å². The van der Waals surface area contributed by atoms with Crippen molar-refractivity contribution in [1.29, 1.82) is 0 Å². The summed E-state index contributed by atoms with van der Waals surface area (Å²) in [4.78, 5) is 12.1. The van der Waals surface area contributed by atoms with Crippen molar-refractivity contribution in [3.63, 3.8) is 0 Å². The minimum absolute atomic E-state index is 0.395. The molecule has 0 atom stereocenters. The molecule has 0 aliphatic rings. The second kappa shape index (κ2) is 7.70. The van der Waals surface area contributed by atoms with Gasteiger partial charge in [-0.1, -0.05) is 27.5 Å². The molecule has 0 saturated heterocycles. The molecule has 1 aromatic heterocycles. The smallest absolute Gasteiger partial charge is 0.349 e. The van der Waals surface area contributed by atoms with Gasteiger partial charge in [-0.25, -0.2) is 4.79 Å². The number of esters is 1. The van der Waals surface area contributed by atoms with Crippen LogP contribution in [-0.4, -0.2) is 18.2 Å². The molecule has 3 rings (SSSR count). The first-order valence-electron chi connectivity index (χ1n) is 7.12. The Morgan fingerprint density at radius 2 is 1.80 bits per heavy atom. The largest absolute Gasteiger partial charge is 0.465 e. The monoisotopic (exact) mass is 454 g/mol. The summed E-state index contributed by atoms with van der Waals surface area (Å²) in [7, 11) is 1.34. The highest BCUT2D eigenvalue weighted by molar-refractivity contribution is 9.10. The molecule has 128 valence electrons. The summed E-state index contributed by atoms with van der Waals surface area (Å²) >= 11 is 16.3. The molecule has 0 aliphatic carbocycles. The molecule has 4 nitrogen and oxygen atoms in total. The number of hydrogen-bond acceptors (Lipinski definition) is 4. The summed E-state index contributed by atoms with van der Waals surface area (Å²) in [6.45, 7) is 0. The summed E-state index contributed by atoms with van der Waals surface area (Å²) in [6.07, 6.45) is 0. The van der Waals surface area contributed by atoms with Gasteiger partial charge in [0.2, 0.25) is 0 Å². The average molecular weight is 456 g/mol. The van der Waals surface area contributed by atoms with Gasteiger partial charge < -0.3 is 15.4 Å². The molecule has 1 heterocycles. The average Bonchev–Trinajstić information content (AvgIpc) is 2.92. The molecule has 0 spiro atoms. The molecular weight excluding hydrogens is 444 g/mol. The number of carbonyl (C=O) groups is 1. The predicted molar refractivity (Wildman–Crippen MR) is 112 cm³/mol. The molecule has 2 N–H and O–H groups in total. The second-order valence-electron chi connectivity index (χ2n) is 5.03. The summed E-state index contributed by atoms with van der Waals surface area (Å²) in [5, 5.41) is 7.93. The normalized spacial score (nSPS) is 10.5. The molecule has 0 bridgehead atoms. The third kappa shape index (κ3) is 4.12. The van der Waals surface area contributed by atoms with Crippen molar-refractivity contribution < 1.29 is 9.53 Å². The highest BCUT2D eigenvalue weighted by atomic mass is 79.9. The summed E-state index contributed by atoms with van der Waals surface area (Å²) in [5.41, 5.74) is 1.69. The molecular formula is C17H12BrClN2O2S2. The van der Waals surface area contributed by atoms with Crippen LogP contribution in [0.3, 0.4) is 0 Å². The van der Waals surface area contributed by atoms with E-state index in [9.17, 15) is 4.79 Å². The van der Waals surface area contributed by atoms with Crippen LogP contribution in [0.4, 0.5) is 11.4 Å². The SMILES string of the molecule is COC(=O)c1sc2cc(NC(=S)Nc3ccc(Br)cc3)ccc2c1Cl. The number of nitrogens with one attached hydrogen (secondary N) is 2. The van der Waals surface area contributed by atoms with E-state index in [1.54, 1.807) is 0 Å². The van der Waals surface area contributed by atoms with Crippen LogP contribution >= 0.6 is 51.1 Å². The van der Waals surface area contributed by atoms with E-state index >= 15 is 0 Å². The minimum atomic E-state index is -0.437. The zero-order valence-electron chi connectivity index (χ0n) is 12.9. The molecule has 0 amide bonds. The van der Waals surface area contributed by atoms with E-state index in [2.05, 4.69) is 26.6 Å². The second-order valence-corrected chi connectivity index (χ2v) is 7.79. The lowest BCUT2D eigenvalue weighted by Gasteiger charge is -2.10. The van der Waals surface area contributed by atoms with Gasteiger partial charge in [0.15, 0.2) is 5.11 Å². The van der Waals surface area contributed by atoms with Crippen LogP contribution in [-0.2, 0) is 4.74 Å². The third-order valence-electron chi connectivity index (χ3n) is 3.36. The third-order valence-corrected chi connectivity index (χ3v) is 5.73. The molecule has 0 aliphatic heterocycles. The number of hydrogen-bond donors (Lipinski definition) is 2. The quantitative estimate of drug-likeness (QED) is 0.380. The summed E-state index contributed by atoms with van der Waals surface area (Å²) in [6, 6.07) is 13.3. The standard InChI is InChI=1S/C17H12BrClN2O2S2/c1-23-16(22)15-14(19)12-7-6-11(8-13(12)25-15)21-17(24)20-10-4-2-9(18)3-5-10/h2-8H,1H3,(H2,20,21,24). The van der Waals surface area contributed by atoms with Gasteiger partial charge in [0.25, 0.3) is 0 Å². The Morgan fingerprint density at radius 1 is 1.16 bits per heavy atom. The van der Waals surface area contributed by atoms with Crippen molar-refractivity contribution in [3.05, 3.63) is 56.8 Å². The van der Waals surface area contributed by atoms with Crippen molar-refractivity contribution in [1.82, 2.24) is 0 Å². The van der Waals surface area contributed by atoms with E-state index in [4.69, 9.17) is 28.6 Å². The van der Waals surface area contributed by atoms with Crippen LogP contribution in [0, 0.1) is 0 Å². The van der Waals surface area contributed by atoms with Gasteiger partial charge in [-0.2, -0.15) is 0 Å². The fourth-order valence-electron chi connectivity index (χ4n) is 2.19. The first kappa shape index (κ1) is 18.1. The number of thiocarbonyl (C=S) groups is 1. The van der Waals surface area contributed by atoms with Crippen LogP contribution in [0.25, 0.3) is 10.1 Å². The molecule has 25 heavy (non-hydrogen) atoms. The minimum Gasteiger partial charge on any atom is -0.465 e. The van der Waals surface area contributed by atoms with Gasteiger partial charge >= 0.3 is 5.97 Å². The molecule has 0 fully saturated rings. The van der Waals surface area contributed by atoms with Crippen molar-refractivity contribution in [3.8, 4) is 0 Å². The zero-order chi connectivity index (χ0) is 18.0. The van der Waals surface area contributed by atoms with Crippen LogP contribution in [0.1, 0.15) is 9.67 Å². The van der Waals surface area contributed by atoms with Crippen molar-refractivity contribution >= 4 is 83.6 Å². The van der Waals surface area contributed by atoms with E-state index in [0.717, 1.165) is 25.9 Å². The van der Waals surface area contributed by atoms with Crippen molar-refractivity contribution in [2.75, 3.05) is 17.7 Å². The maximum Gasteiger partial charge on any atom is 0.349 e. The Labute approximate surface area is 167 Å². The molecule has 0 radical (unpaired) electrons. The Kier molecular flexibility index (Phi) is 5.58. The lowest BCUT2D eigenvalue weighted by Crippen LogP contribution is -2.18. The fourth-order valence-corrected chi connectivity index (χ4v) is 4.16. The lowest BCUT2D eigenvalue weighted by molar-refractivity contribution is 0.0606. The van der Waals surface area contributed by atoms with Crippen LogP contribution < -0.4 is 10.6 Å².